The van der Waals surface area contributed by atoms with Crippen LogP contribution in [0.25, 0.3) is 0 Å². The lowest BCUT2D eigenvalue weighted by Gasteiger charge is -1.95. The maximum absolute atomic E-state index is 10.8. The van der Waals surface area contributed by atoms with Crippen molar-refractivity contribution in [3.63, 3.8) is 0 Å². The molecule has 0 amide bonds. The van der Waals surface area contributed by atoms with E-state index in [1.807, 2.05) is 6.08 Å². The maximum atomic E-state index is 10.8. The molecule has 0 aromatic carbocycles. The lowest BCUT2D eigenvalue weighted by Crippen LogP contribution is -2.01. The van der Waals surface area contributed by atoms with Gasteiger partial charge in [-0.15, -0.1) is 0 Å². The van der Waals surface area contributed by atoms with E-state index in [9.17, 15) is 4.79 Å². The second-order valence-electron chi connectivity index (χ2n) is 2.24. The Hall–Kier alpha value is -0.310. The number of ether oxygens (including phenoxy) is 1. The minimum absolute atomic E-state index is 0.193. The first kappa shape index (κ1) is 7.79. The van der Waals surface area contributed by atoms with Crippen LogP contribution >= 0.6 is 15.9 Å². The predicted molar refractivity (Wildman–Crippen MR) is 42.0 cm³/mol. The molecule has 0 spiro atoms. The molecule has 3 heteroatoms. The van der Waals surface area contributed by atoms with Gasteiger partial charge >= 0.3 is 5.97 Å². The van der Waals surface area contributed by atoms with Gasteiger partial charge in [-0.2, -0.15) is 0 Å². The zero-order chi connectivity index (χ0) is 7.56. The van der Waals surface area contributed by atoms with Gasteiger partial charge in [-0.3, -0.25) is 0 Å². The first-order valence-electron chi connectivity index (χ1n) is 3.17. The Balaban J connectivity index is 2.57. The third kappa shape index (κ3) is 1.59. The highest BCUT2D eigenvalue weighted by molar-refractivity contribution is 9.09. The fourth-order valence-electron chi connectivity index (χ4n) is 0.980. The fraction of sp³-hybridized carbons (Fsp3) is 0.571. The SMILES string of the molecule is COC(=O)C1=C[C@@H](Br)CC1. The molecule has 1 atom stereocenters. The molecule has 0 radical (unpaired) electrons. The minimum atomic E-state index is -0.193. The molecule has 1 aliphatic carbocycles. The van der Waals surface area contributed by atoms with E-state index in [2.05, 4.69) is 20.7 Å². The van der Waals surface area contributed by atoms with Crippen molar-refractivity contribution in [2.24, 2.45) is 0 Å². The van der Waals surface area contributed by atoms with E-state index >= 15 is 0 Å². The average Bonchev–Trinajstić information content (AvgIpc) is 2.34. The Morgan fingerprint density at radius 1 is 1.90 bits per heavy atom. The summed E-state index contributed by atoms with van der Waals surface area (Å²) in [4.78, 5) is 11.2. The lowest BCUT2D eigenvalue weighted by molar-refractivity contribution is -0.136. The summed E-state index contributed by atoms with van der Waals surface area (Å²) in [5.74, 6) is -0.193. The van der Waals surface area contributed by atoms with E-state index < -0.39 is 0 Å². The van der Waals surface area contributed by atoms with Crippen LogP contribution in [0, 0.1) is 0 Å². The van der Waals surface area contributed by atoms with Crippen molar-refractivity contribution < 1.29 is 9.53 Å². The van der Waals surface area contributed by atoms with Gasteiger partial charge in [0.2, 0.25) is 0 Å². The highest BCUT2D eigenvalue weighted by atomic mass is 79.9. The summed E-state index contributed by atoms with van der Waals surface area (Å²) < 4.78 is 4.55. The molecule has 0 aromatic heterocycles. The van der Waals surface area contributed by atoms with Crippen molar-refractivity contribution >= 4 is 21.9 Å². The van der Waals surface area contributed by atoms with Crippen LogP contribution in [0.1, 0.15) is 12.8 Å². The summed E-state index contributed by atoms with van der Waals surface area (Å²) >= 11 is 3.39. The second kappa shape index (κ2) is 3.19. The van der Waals surface area contributed by atoms with Crippen LogP contribution in [-0.2, 0) is 9.53 Å². The summed E-state index contributed by atoms with van der Waals surface area (Å²) in [6, 6.07) is 0. The van der Waals surface area contributed by atoms with E-state index in [0.717, 1.165) is 18.4 Å². The van der Waals surface area contributed by atoms with Gasteiger partial charge in [-0.05, 0) is 12.8 Å². The van der Waals surface area contributed by atoms with Gasteiger partial charge in [0.15, 0.2) is 0 Å². The molecule has 0 unspecified atom stereocenters. The first-order valence-corrected chi connectivity index (χ1v) is 4.08. The number of carbonyl (C=O) groups excluding carboxylic acids is 1. The number of alkyl halides is 1. The molecule has 0 aromatic rings. The minimum Gasteiger partial charge on any atom is -0.466 e. The number of hydrogen-bond acceptors (Lipinski definition) is 2. The van der Waals surface area contributed by atoms with Gasteiger partial charge in [-0.1, -0.05) is 22.0 Å². The molecule has 0 heterocycles. The van der Waals surface area contributed by atoms with Gasteiger partial charge in [0.05, 0.1) is 7.11 Å². The molecule has 2 nitrogen and oxygen atoms in total. The number of allylic oxidation sites excluding steroid dienone is 1. The summed E-state index contributed by atoms with van der Waals surface area (Å²) in [6.07, 6.45) is 3.75. The molecule has 1 aliphatic rings. The van der Waals surface area contributed by atoms with Crippen molar-refractivity contribution in [3.05, 3.63) is 11.6 Å². The summed E-state index contributed by atoms with van der Waals surface area (Å²) in [6.45, 7) is 0. The summed E-state index contributed by atoms with van der Waals surface area (Å²) in [7, 11) is 1.41. The normalized spacial score (nSPS) is 24.2. The molecule has 0 saturated heterocycles. The smallest absolute Gasteiger partial charge is 0.333 e. The molecule has 1 rings (SSSR count). The number of rotatable bonds is 1. The van der Waals surface area contributed by atoms with Crippen molar-refractivity contribution in [1.82, 2.24) is 0 Å². The van der Waals surface area contributed by atoms with Crippen LogP contribution in [0.3, 0.4) is 0 Å². The molecule has 0 aliphatic heterocycles. The molecule has 0 saturated carbocycles. The Kier molecular flexibility index (Phi) is 2.49. The standard InChI is InChI=1S/C7H9BrO2/c1-10-7(9)5-2-3-6(8)4-5/h4,6H,2-3H2,1H3/t6-/m0/s1. The van der Waals surface area contributed by atoms with E-state index in [-0.39, 0.29) is 5.97 Å². The van der Waals surface area contributed by atoms with Crippen molar-refractivity contribution in [1.29, 1.82) is 0 Å². The molecular weight excluding hydrogens is 196 g/mol. The molecule has 10 heavy (non-hydrogen) atoms. The molecule has 56 valence electrons. The van der Waals surface area contributed by atoms with Gasteiger partial charge in [-0.25, -0.2) is 4.79 Å². The highest BCUT2D eigenvalue weighted by Gasteiger charge is 2.18. The number of carbonyl (C=O) groups is 1. The van der Waals surface area contributed by atoms with E-state index in [4.69, 9.17) is 0 Å². The maximum Gasteiger partial charge on any atom is 0.333 e. The third-order valence-corrected chi connectivity index (χ3v) is 2.24. The highest BCUT2D eigenvalue weighted by Crippen LogP contribution is 2.24. The number of esters is 1. The quantitative estimate of drug-likeness (QED) is 0.480. The largest absolute Gasteiger partial charge is 0.466 e. The predicted octanol–water partition coefficient (Wildman–Crippen LogP) is 1.64. The number of hydrogen-bond donors (Lipinski definition) is 0. The van der Waals surface area contributed by atoms with Gasteiger partial charge in [0.25, 0.3) is 0 Å². The molecular formula is C7H9BrO2. The van der Waals surface area contributed by atoms with Crippen molar-refractivity contribution in [3.8, 4) is 0 Å². The van der Waals surface area contributed by atoms with Gasteiger partial charge < -0.3 is 4.74 Å². The zero-order valence-corrected chi connectivity index (χ0v) is 7.35. The Labute approximate surface area is 68.4 Å². The lowest BCUT2D eigenvalue weighted by atomic mass is 10.2. The monoisotopic (exact) mass is 204 g/mol. The number of halogens is 1. The van der Waals surface area contributed by atoms with Crippen LogP contribution in [0.5, 0.6) is 0 Å². The van der Waals surface area contributed by atoms with Gasteiger partial charge in [0, 0.05) is 10.4 Å². The van der Waals surface area contributed by atoms with E-state index in [1.165, 1.54) is 7.11 Å². The van der Waals surface area contributed by atoms with Crippen LogP contribution in [0.4, 0.5) is 0 Å². The van der Waals surface area contributed by atoms with Crippen molar-refractivity contribution in [2.75, 3.05) is 7.11 Å². The van der Waals surface area contributed by atoms with Crippen LogP contribution in [0.2, 0.25) is 0 Å². The average molecular weight is 205 g/mol. The fourth-order valence-corrected chi connectivity index (χ4v) is 1.53. The van der Waals surface area contributed by atoms with Crippen molar-refractivity contribution in [2.45, 2.75) is 17.7 Å². The second-order valence-corrected chi connectivity index (χ2v) is 3.41. The summed E-state index contributed by atoms with van der Waals surface area (Å²) in [5, 5.41) is 0. The zero-order valence-electron chi connectivity index (χ0n) is 5.76. The van der Waals surface area contributed by atoms with Crippen LogP contribution in [0.15, 0.2) is 11.6 Å². The van der Waals surface area contributed by atoms with Crippen LogP contribution in [-0.4, -0.2) is 17.9 Å². The first-order chi connectivity index (χ1) is 4.74. The Bertz CT molecular complexity index is 174. The van der Waals surface area contributed by atoms with E-state index in [0.29, 0.717) is 4.83 Å². The van der Waals surface area contributed by atoms with Gasteiger partial charge in [0.1, 0.15) is 0 Å². The van der Waals surface area contributed by atoms with E-state index in [1.54, 1.807) is 0 Å². The number of methoxy groups -OCH3 is 1. The Morgan fingerprint density at radius 3 is 3.00 bits per heavy atom. The summed E-state index contributed by atoms with van der Waals surface area (Å²) in [5.41, 5.74) is 0.796. The molecule has 0 fully saturated rings. The topological polar surface area (TPSA) is 26.3 Å². The molecule has 0 bridgehead atoms. The van der Waals surface area contributed by atoms with Crippen LogP contribution < -0.4 is 0 Å². The Morgan fingerprint density at radius 2 is 2.60 bits per heavy atom. The third-order valence-electron chi connectivity index (χ3n) is 1.52. The molecule has 0 N–H and O–H groups in total.